The number of rotatable bonds is 7. The van der Waals surface area contributed by atoms with Crippen molar-refractivity contribution in [3.05, 3.63) is 60.0 Å². The molecule has 0 radical (unpaired) electrons. The molecule has 0 fully saturated rings. The molecular weight excluding hydrogens is 422 g/mol. The number of pyridine rings is 1. The summed E-state index contributed by atoms with van der Waals surface area (Å²) in [5.74, 6) is -0.278. The van der Waals surface area contributed by atoms with Crippen molar-refractivity contribution in [3.8, 4) is 11.3 Å². The van der Waals surface area contributed by atoms with Crippen LogP contribution in [0.1, 0.15) is 49.4 Å². The number of hydrogen-bond donors (Lipinski definition) is 1. The van der Waals surface area contributed by atoms with Gasteiger partial charge < -0.3 is 14.6 Å². The molecule has 33 heavy (non-hydrogen) atoms. The fourth-order valence-electron chi connectivity index (χ4n) is 3.47. The molecule has 1 atom stereocenters. The summed E-state index contributed by atoms with van der Waals surface area (Å²) in [6.45, 7) is 7.46. The number of aromatic nitrogens is 4. The molecule has 1 aromatic carbocycles. The lowest BCUT2D eigenvalue weighted by atomic mass is 10.1. The maximum absolute atomic E-state index is 13.3. The first-order chi connectivity index (χ1) is 15.9. The van der Waals surface area contributed by atoms with Crippen LogP contribution < -0.4 is 5.32 Å². The van der Waals surface area contributed by atoms with Crippen molar-refractivity contribution in [1.82, 2.24) is 19.9 Å². The Morgan fingerprint density at radius 3 is 2.58 bits per heavy atom. The number of carbonyl (C=O) groups excluding carboxylic acids is 2. The topological polar surface area (TPSA) is 112 Å². The Morgan fingerprint density at radius 2 is 1.94 bits per heavy atom. The van der Waals surface area contributed by atoms with E-state index in [4.69, 9.17) is 14.2 Å². The molecule has 1 amide bonds. The maximum Gasteiger partial charge on any atom is 0.339 e. The van der Waals surface area contributed by atoms with Crippen molar-refractivity contribution in [2.45, 2.75) is 46.3 Å². The molecule has 1 unspecified atom stereocenters. The van der Waals surface area contributed by atoms with Crippen molar-refractivity contribution in [2.75, 3.05) is 5.32 Å². The van der Waals surface area contributed by atoms with Crippen LogP contribution in [0.3, 0.4) is 0 Å². The molecule has 0 bridgehead atoms. The van der Waals surface area contributed by atoms with Gasteiger partial charge in [0.2, 0.25) is 0 Å². The first-order valence-corrected chi connectivity index (χ1v) is 10.8. The average molecular weight is 447 g/mol. The number of anilines is 1. The van der Waals surface area contributed by atoms with E-state index in [1.54, 1.807) is 36.9 Å². The number of hydrogen-bond acceptors (Lipinski definition) is 7. The molecule has 0 spiro atoms. The number of benzene rings is 1. The molecule has 0 aliphatic heterocycles. The molecule has 9 heteroatoms. The maximum atomic E-state index is 13.3. The third-order valence-corrected chi connectivity index (χ3v) is 5.14. The largest absolute Gasteiger partial charge is 0.449 e. The van der Waals surface area contributed by atoms with Crippen LogP contribution in [-0.4, -0.2) is 37.9 Å². The van der Waals surface area contributed by atoms with Gasteiger partial charge in [0.05, 0.1) is 22.8 Å². The van der Waals surface area contributed by atoms with E-state index >= 15 is 0 Å². The van der Waals surface area contributed by atoms with E-state index in [0.29, 0.717) is 34.5 Å². The summed E-state index contributed by atoms with van der Waals surface area (Å²) in [7, 11) is 0. The molecule has 3 heterocycles. The highest BCUT2D eigenvalue weighted by molar-refractivity contribution is 6.05. The zero-order chi connectivity index (χ0) is 23.5. The molecule has 0 aliphatic carbocycles. The standard InChI is InChI=1S/C24H25N5O4/c1-5-20(23(30)27-21-11-15(4)33-28-21)32-24(31)17-12-19(16-9-7-6-8-10-16)26-22-18(17)13-25-29(22)14(2)3/h6-14,20H,5H2,1-4H3,(H,27,28,30). The summed E-state index contributed by atoms with van der Waals surface area (Å²) in [5.41, 5.74) is 2.35. The van der Waals surface area contributed by atoms with Gasteiger partial charge in [-0.15, -0.1) is 0 Å². The zero-order valence-corrected chi connectivity index (χ0v) is 18.9. The summed E-state index contributed by atoms with van der Waals surface area (Å²) in [4.78, 5) is 30.7. The number of amides is 1. The smallest absolute Gasteiger partial charge is 0.339 e. The van der Waals surface area contributed by atoms with Crippen molar-refractivity contribution >= 4 is 28.7 Å². The lowest BCUT2D eigenvalue weighted by Gasteiger charge is -2.16. The van der Waals surface area contributed by atoms with Crippen LogP contribution in [0.4, 0.5) is 5.82 Å². The van der Waals surface area contributed by atoms with Crippen LogP contribution in [0.15, 0.2) is 53.2 Å². The van der Waals surface area contributed by atoms with Crippen LogP contribution in [0, 0.1) is 6.92 Å². The second-order valence-corrected chi connectivity index (χ2v) is 7.96. The first kappa shape index (κ1) is 22.2. The quantitative estimate of drug-likeness (QED) is 0.414. The number of nitrogens with one attached hydrogen (secondary N) is 1. The van der Waals surface area contributed by atoms with E-state index in [1.165, 1.54) is 0 Å². The Balaban J connectivity index is 1.68. The van der Waals surface area contributed by atoms with Crippen LogP contribution in [-0.2, 0) is 9.53 Å². The SMILES string of the molecule is CCC(OC(=O)c1cc(-c2ccccc2)nc2c1cnn2C(C)C)C(=O)Nc1cc(C)on1. The highest BCUT2D eigenvalue weighted by Gasteiger charge is 2.26. The number of esters is 1. The van der Waals surface area contributed by atoms with Gasteiger partial charge in [-0.3, -0.25) is 4.79 Å². The minimum Gasteiger partial charge on any atom is -0.449 e. The predicted octanol–water partition coefficient (Wildman–Crippen LogP) is 4.55. The minimum absolute atomic E-state index is 0.0463. The number of ether oxygens (including phenoxy) is 1. The lowest BCUT2D eigenvalue weighted by molar-refractivity contribution is -0.124. The van der Waals surface area contributed by atoms with E-state index in [0.717, 1.165) is 5.56 Å². The summed E-state index contributed by atoms with van der Waals surface area (Å²) >= 11 is 0. The molecule has 4 aromatic rings. The Morgan fingerprint density at radius 1 is 1.18 bits per heavy atom. The van der Waals surface area contributed by atoms with Gasteiger partial charge in [-0.05, 0) is 33.3 Å². The third kappa shape index (κ3) is 4.62. The van der Waals surface area contributed by atoms with Crippen molar-refractivity contribution < 1.29 is 18.8 Å². The minimum atomic E-state index is -1.00. The van der Waals surface area contributed by atoms with Gasteiger partial charge in [-0.2, -0.15) is 5.10 Å². The summed E-state index contributed by atoms with van der Waals surface area (Å²) in [5, 5.41) is 11.3. The Labute approximate surface area is 190 Å². The highest BCUT2D eigenvalue weighted by atomic mass is 16.5. The van der Waals surface area contributed by atoms with E-state index in [9.17, 15) is 9.59 Å². The average Bonchev–Trinajstić information content (AvgIpc) is 3.42. The number of aryl methyl sites for hydroxylation is 1. The van der Waals surface area contributed by atoms with Crippen LogP contribution in [0.5, 0.6) is 0 Å². The number of carbonyl (C=O) groups is 2. The van der Waals surface area contributed by atoms with Crippen LogP contribution in [0.2, 0.25) is 0 Å². The fourth-order valence-corrected chi connectivity index (χ4v) is 3.47. The van der Waals surface area contributed by atoms with E-state index in [1.807, 2.05) is 44.2 Å². The van der Waals surface area contributed by atoms with Gasteiger partial charge in [0, 0.05) is 17.7 Å². The third-order valence-electron chi connectivity index (χ3n) is 5.14. The molecule has 0 saturated carbocycles. The van der Waals surface area contributed by atoms with E-state index in [2.05, 4.69) is 15.6 Å². The Bertz CT molecular complexity index is 1290. The Kier molecular flexibility index (Phi) is 6.21. The molecule has 0 aliphatic rings. The first-order valence-electron chi connectivity index (χ1n) is 10.8. The monoisotopic (exact) mass is 447 g/mol. The van der Waals surface area contributed by atoms with Gasteiger partial charge in [-0.1, -0.05) is 42.4 Å². The summed E-state index contributed by atoms with van der Waals surface area (Å²) in [6, 6.07) is 12.9. The van der Waals surface area contributed by atoms with Crippen molar-refractivity contribution in [1.29, 1.82) is 0 Å². The molecule has 4 rings (SSSR count). The molecule has 9 nitrogen and oxygen atoms in total. The predicted molar refractivity (Wildman–Crippen MR) is 123 cm³/mol. The molecule has 1 N–H and O–H groups in total. The van der Waals surface area contributed by atoms with Gasteiger partial charge in [0.1, 0.15) is 5.76 Å². The van der Waals surface area contributed by atoms with E-state index in [-0.39, 0.29) is 11.9 Å². The summed E-state index contributed by atoms with van der Waals surface area (Å²) in [6.07, 6.45) is 0.893. The number of nitrogens with zero attached hydrogens (tertiary/aromatic N) is 4. The normalized spacial score (nSPS) is 12.2. The lowest BCUT2D eigenvalue weighted by Crippen LogP contribution is -2.32. The molecular formula is C24H25N5O4. The molecule has 0 saturated heterocycles. The number of fused-ring (bicyclic) bond motifs is 1. The van der Waals surface area contributed by atoms with Gasteiger partial charge in [0.25, 0.3) is 5.91 Å². The molecule has 3 aromatic heterocycles. The van der Waals surface area contributed by atoms with Crippen molar-refractivity contribution in [3.63, 3.8) is 0 Å². The van der Waals surface area contributed by atoms with Gasteiger partial charge in [-0.25, -0.2) is 14.5 Å². The Hall–Kier alpha value is -4.01. The molecule has 170 valence electrons. The van der Waals surface area contributed by atoms with Crippen LogP contribution in [0.25, 0.3) is 22.3 Å². The van der Waals surface area contributed by atoms with Crippen molar-refractivity contribution in [2.24, 2.45) is 0 Å². The van der Waals surface area contributed by atoms with Gasteiger partial charge in [0.15, 0.2) is 17.6 Å². The van der Waals surface area contributed by atoms with Crippen LogP contribution >= 0.6 is 0 Å². The highest BCUT2D eigenvalue weighted by Crippen LogP contribution is 2.27. The second-order valence-electron chi connectivity index (χ2n) is 7.96. The fraction of sp³-hybridized carbons (Fsp3) is 0.292. The van der Waals surface area contributed by atoms with Gasteiger partial charge >= 0.3 is 5.97 Å². The second kappa shape index (κ2) is 9.23. The zero-order valence-electron chi connectivity index (χ0n) is 18.9. The van der Waals surface area contributed by atoms with E-state index < -0.39 is 18.0 Å². The summed E-state index contributed by atoms with van der Waals surface area (Å²) < 4.78 is 12.3.